The van der Waals surface area contributed by atoms with Gasteiger partial charge < -0.3 is 24.4 Å². The fourth-order valence-corrected chi connectivity index (χ4v) is 5.69. The summed E-state index contributed by atoms with van der Waals surface area (Å²) in [5, 5.41) is 38.8. The summed E-state index contributed by atoms with van der Waals surface area (Å²) in [6.07, 6.45) is 0.342. The molecule has 15 nitrogen and oxygen atoms in total. The van der Waals surface area contributed by atoms with Crippen molar-refractivity contribution in [1.29, 1.82) is 0 Å². The summed E-state index contributed by atoms with van der Waals surface area (Å²) in [7, 11) is 0. The van der Waals surface area contributed by atoms with E-state index in [1.165, 1.54) is 48.5 Å². The number of carbonyl (C=O) groups is 4. The number of aliphatic carboxylic acids is 1. The van der Waals surface area contributed by atoms with Crippen LogP contribution in [0.2, 0.25) is 0 Å². The lowest BCUT2D eigenvalue weighted by Crippen LogP contribution is -2.26. The molecule has 0 aliphatic rings. The van der Waals surface area contributed by atoms with E-state index >= 15 is 0 Å². The van der Waals surface area contributed by atoms with Crippen LogP contribution < -0.4 is 4.74 Å². The number of benzene rings is 6. The second-order valence-electron chi connectivity index (χ2n) is 13.8. The predicted molar refractivity (Wildman–Crippen MR) is 230 cm³/mol. The summed E-state index contributed by atoms with van der Waals surface area (Å²) >= 11 is 0. The molecule has 2 N–H and O–H groups in total. The van der Waals surface area contributed by atoms with Crippen LogP contribution in [0.15, 0.2) is 170 Å². The Kier molecular flexibility index (Phi) is 19.2. The van der Waals surface area contributed by atoms with Crippen LogP contribution in [0, 0.1) is 32.1 Å². The lowest BCUT2D eigenvalue weighted by molar-refractivity contribution is -0.385. The van der Waals surface area contributed by atoms with Gasteiger partial charge in [0.2, 0.25) is 0 Å². The second kappa shape index (κ2) is 25.4. The second-order valence-corrected chi connectivity index (χ2v) is 13.8. The molecular weight excluding hydrogens is 813 g/mol. The quantitative estimate of drug-likeness (QED) is 0.0379. The van der Waals surface area contributed by atoms with Crippen molar-refractivity contribution >= 4 is 35.3 Å². The standard InChI is InChI=1S/C24H21NO6.C18H18O4.C6H5NO3/c26-23(30-17-19-9-5-2-6-10-19)16-20(15-18-7-3-1-4-8-18)24(27)31-22-13-11-21(12-14-22)25(28)29;19-17(22-13-15-9-5-2-6-10-15)12-16(18(20)21)11-14-7-3-1-4-8-14;8-6-3-1-5(2-4-6)7(9)10/h1-14,20H,15-17H2;1-10,16H,11-13H2,(H,20,21);1-4,8H. The number of phenolic OH excluding ortho intramolecular Hbond substituents is 1. The zero-order valence-corrected chi connectivity index (χ0v) is 33.8. The number of nitro groups is 2. The fraction of sp³-hybridized carbons (Fsp3) is 0.167. The minimum atomic E-state index is -0.986. The number of carboxylic acids is 1. The van der Waals surface area contributed by atoms with Gasteiger partial charge in [-0.05, 0) is 59.4 Å². The average molecular weight is 857 g/mol. The number of carbonyl (C=O) groups excluding carboxylic acids is 3. The van der Waals surface area contributed by atoms with E-state index in [4.69, 9.17) is 19.3 Å². The number of esters is 3. The molecule has 0 radical (unpaired) electrons. The molecule has 0 spiro atoms. The third kappa shape index (κ3) is 17.9. The molecule has 324 valence electrons. The lowest BCUT2D eigenvalue weighted by atomic mass is 9.96. The molecule has 2 atom stereocenters. The van der Waals surface area contributed by atoms with Crippen LogP contribution in [0.3, 0.4) is 0 Å². The van der Waals surface area contributed by atoms with E-state index in [0.717, 1.165) is 22.3 Å². The van der Waals surface area contributed by atoms with Gasteiger partial charge in [-0.15, -0.1) is 0 Å². The molecular formula is C48H44N2O13. The largest absolute Gasteiger partial charge is 0.508 e. The molecule has 2 unspecified atom stereocenters. The van der Waals surface area contributed by atoms with Crippen molar-refractivity contribution in [3.8, 4) is 11.5 Å². The van der Waals surface area contributed by atoms with E-state index in [1.54, 1.807) is 0 Å². The van der Waals surface area contributed by atoms with Crippen LogP contribution in [-0.2, 0) is 54.7 Å². The molecule has 6 aromatic carbocycles. The maximum absolute atomic E-state index is 12.8. The molecule has 0 bridgehead atoms. The van der Waals surface area contributed by atoms with E-state index in [1.807, 2.05) is 121 Å². The number of hydrogen-bond donors (Lipinski definition) is 2. The highest BCUT2D eigenvalue weighted by atomic mass is 16.6. The third-order valence-electron chi connectivity index (χ3n) is 8.97. The number of aromatic hydroxyl groups is 1. The number of nitro benzene ring substituents is 2. The molecule has 15 heteroatoms. The number of hydrogen-bond acceptors (Lipinski definition) is 12. The summed E-state index contributed by atoms with van der Waals surface area (Å²) in [6.45, 7) is 0.284. The van der Waals surface area contributed by atoms with Gasteiger partial charge in [0.1, 0.15) is 24.7 Å². The summed E-state index contributed by atoms with van der Waals surface area (Å²) < 4.78 is 15.8. The Morgan fingerprint density at radius 3 is 1.22 bits per heavy atom. The topological polar surface area (TPSA) is 223 Å². The molecule has 0 amide bonds. The highest BCUT2D eigenvalue weighted by Gasteiger charge is 2.26. The Labute approximate surface area is 362 Å². The molecule has 0 fully saturated rings. The third-order valence-corrected chi connectivity index (χ3v) is 8.97. The summed E-state index contributed by atoms with van der Waals surface area (Å²) in [6, 6.07) is 47.4. The highest BCUT2D eigenvalue weighted by Crippen LogP contribution is 2.22. The van der Waals surface area contributed by atoms with Crippen LogP contribution in [0.5, 0.6) is 11.5 Å². The van der Waals surface area contributed by atoms with Gasteiger partial charge in [0.15, 0.2) is 0 Å². The Balaban J connectivity index is 0.000000235. The van der Waals surface area contributed by atoms with E-state index in [9.17, 15) is 44.5 Å². The Bertz CT molecular complexity index is 2360. The number of non-ortho nitro benzene ring substituents is 2. The van der Waals surface area contributed by atoms with E-state index < -0.39 is 45.6 Å². The van der Waals surface area contributed by atoms with Gasteiger partial charge >= 0.3 is 23.9 Å². The van der Waals surface area contributed by atoms with Crippen molar-refractivity contribution in [2.75, 3.05) is 0 Å². The van der Waals surface area contributed by atoms with Crippen LogP contribution in [-0.4, -0.2) is 43.9 Å². The zero-order chi connectivity index (χ0) is 45.4. The van der Waals surface area contributed by atoms with Gasteiger partial charge in [0.25, 0.3) is 11.4 Å². The van der Waals surface area contributed by atoms with Crippen molar-refractivity contribution in [2.24, 2.45) is 11.8 Å². The first-order valence-electron chi connectivity index (χ1n) is 19.5. The van der Waals surface area contributed by atoms with Crippen LogP contribution >= 0.6 is 0 Å². The first-order chi connectivity index (χ1) is 30.4. The normalized spacial score (nSPS) is 11.1. The van der Waals surface area contributed by atoms with Crippen LogP contribution in [0.25, 0.3) is 0 Å². The molecule has 6 aromatic rings. The Morgan fingerprint density at radius 2 is 0.841 bits per heavy atom. The first kappa shape index (κ1) is 47.5. The maximum Gasteiger partial charge on any atom is 0.315 e. The van der Waals surface area contributed by atoms with Gasteiger partial charge in [-0.3, -0.25) is 39.4 Å². The van der Waals surface area contributed by atoms with E-state index in [2.05, 4.69) is 0 Å². The van der Waals surface area contributed by atoms with Crippen molar-refractivity contribution in [3.63, 3.8) is 0 Å². The van der Waals surface area contributed by atoms with Gasteiger partial charge in [-0.25, -0.2) is 0 Å². The van der Waals surface area contributed by atoms with Gasteiger partial charge in [0.05, 0.1) is 34.5 Å². The monoisotopic (exact) mass is 856 g/mol. The van der Waals surface area contributed by atoms with Crippen LogP contribution in [0.1, 0.15) is 35.1 Å². The number of rotatable bonds is 17. The smallest absolute Gasteiger partial charge is 0.315 e. The van der Waals surface area contributed by atoms with Crippen LogP contribution in [0.4, 0.5) is 11.4 Å². The van der Waals surface area contributed by atoms with Gasteiger partial charge in [-0.1, -0.05) is 121 Å². The number of nitrogens with zero attached hydrogens (tertiary/aromatic N) is 2. The van der Waals surface area contributed by atoms with Crippen molar-refractivity contribution < 1.29 is 53.4 Å². The predicted octanol–water partition coefficient (Wildman–Crippen LogP) is 8.86. The number of carboxylic acid groups (broad SMARTS) is 1. The average Bonchev–Trinajstić information content (AvgIpc) is 3.29. The molecule has 6 rings (SSSR count). The molecule has 63 heavy (non-hydrogen) atoms. The molecule has 0 aromatic heterocycles. The highest BCUT2D eigenvalue weighted by molar-refractivity contribution is 5.82. The molecule has 0 aliphatic heterocycles. The zero-order valence-electron chi connectivity index (χ0n) is 33.8. The first-order valence-corrected chi connectivity index (χ1v) is 19.5. The number of phenols is 1. The van der Waals surface area contributed by atoms with Crippen molar-refractivity contribution in [1.82, 2.24) is 0 Å². The minimum Gasteiger partial charge on any atom is -0.508 e. The molecule has 0 saturated carbocycles. The number of ether oxygens (including phenoxy) is 3. The summed E-state index contributed by atoms with van der Waals surface area (Å²) in [5.41, 5.74) is 3.38. The maximum atomic E-state index is 12.8. The molecule has 0 saturated heterocycles. The Morgan fingerprint density at radius 1 is 0.492 bits per heavy atom. The molecule has 0 aliphatic carbocycles. The van der Waals surface area contributed by atoms with Crippen molar-refractivity contribution in [3.05, 3.63) is 212 Å². The van der Waals surface area contributed by atoms with Crippen molar-refractivity contribution in [2.45, 2.75) is 38.9 Å². The fourth-order valence-electron chi connectivity index (χ4n) is 5.69. The van der Waals surface area contributed by atoms with E-state index in [-0.39, 0.29) is 48.9 Å². The summed E-state index contributed by atoms with van der Waals surface area (Å²) in [5.74, 6) is -3.92. The molecule has 0 heterocycles. The summed E-state index contributed by atoms with van der Waals surface area (Å²) in [4.78, 5) is 68.1. The lowest BCUT2D eigenvalue weighted by Gasteiger charge is -2.16. The Hall–Kier alpha value is -8.20. The van der Waals surface area contributed by atoms with E-state index in [0.29, 0.717) is 12.8 Å². The van der Waals surface area contributed by atoms with Gasteiger partial charge in [0, 0.05) is 24.3 Å². The minimum absolute atomic E-state index is 0.0159. The SMILES string of the molecule is O=C(CC(Cc1ccccc1)C(=O)O)OCc1ccccc1.O=C(CC(Cc1ccccc1)C(=O)Oc1ccc([N+](=O)[O-])cc1)OCc1ccccc1.O=[N+]([O-])c1ccc(O)cc1. The van der Waals surface area contributed by atoms with Gasteiger partial charge in [-0.2, -0.15) is 0 Å².